The molecule has 4 rings (SSSR count). The Labute approximate surface area is 175 Å². The molecule has 1 fully saturated rings. The third-order valence-corrected chi connectivity index (χ3v) is 7.24. The number of hydrogen-bond acceptors (Lipinski definition) is 6. The number of fused-ring (bicyclic) bond motifs is 1. The van der Waals surface area contributed by atoms with Crippen LogP contribution in [0.5, 0.6) is 17.2 Å². The molecule has 0 saturated carbocycles. The number of rotatable bonds is 6. The molecule has 0 unspecified atom stereocenters. The summed E-state index contributed by atoms with van der Waals surface area (Å²) in [6, 6.07) is 11.8. The van der Waals surface area contributed by atoms with Gasteiger partial charge in [0.1, 0.15) is 5.75 Å². The van der Waals surface area contributed by atoms with E-state index in [-0.39, 0.29) is 30.1 Å². The van der Waals surface area contributed by atoms with E-state index >= 15 is 0 Å². The molecule has 0 spiro atoms. The maximum Gasteiger partial charge on any atom is 0.243 e. The molecule has 9 heteroatoms. The Balaban J connectivity index is 1.38. The molecule has 2 aromatic carbocycles. The van der Waals surface area contributed by atoms with Crippen LogP contribution in [-0.2, 0) is 21.4 Å². The third-order valence-electron chi connectivity index (χ3n) is 5.36. The molecule has 2 heterocycles. The number of hydrogen-bond donors (Lipinski definition) is 1. The Morgan fingerprint density at radius 1 is 1.17 bits per heavy atom. The van der Waals surface area contributed by atoms with Crippen LogP contribution < -0.4 is 19.5 Å². The van der Waals surface area contributed by atoms with E-state index in [1.54, 1.807) is 12.1 Å². The maximum atomic E-state index is 13.0. The average Bonchev–Trinajstić information content (AvgIpc) is 3.25. The molecule has 0 radical (unpaired) electrons. The van der Waals surface area contributed by atoms with Crippen LogP contribution in [0.3, 0.4) is 0 Å². The van der Waals surface area contributed by atoms with Crippen LogP contribution in [0.15, 0.2) is 47.4 Å². The van der Waals surface area contributed by atoms with Crippen molar-refractivity contribution >= 4 is 15.9 Å². The number of methoxy groups -OCH3 is 1. The number of amides is 1. The molecule has 30 heavy (non-hydrogen) atoms. The summed E-state index contributed by atoms with van der Waals surface area (Å²) in [6.07, 6.45) is 1.29. The van der Waals surface area contributed by atoms with Crippen molar-refractivity contribution in [2.75, 3.05) is 27.0 Å². The minimum Gasteiger partial charge on any atom is -0.497 e. The zero-order valence-corrected chi connectivity index (χ0v) is 17.5. The third kappa shape index (κ3) is 4.22. The van der Waals surface area contributed by atoms with Crippen LogP contribution in [0.2, 0.25) is 0 Å². The molecule has 8 nitrogen and oxygen atoms in total. The van der Waals surface area contributed by atoms with Gasteiger partial charge in [-0.05, 0) is 54.8 Å². The van der Waals surface area contributed by atoms with E-state index in [0.29, 0.717) is 43.2 Å². The smallest absolute Gasteiger partial charge is 0.243 e. The lowest BCUT2D eigenvalue weighted by Gasteiger charge is -2.31. The highest BCUT2D eigenvalue weighted by atomic mass is 32.2. The number of ether oxygens (including phenoxy) is 3. The van der Waals surface area contributed by atoms with Crippen molar-refractivity contribution < 1.29 is 27.4 Å². The number of nitrogens with zero attached hydrogens (tertiary/aromatic N) is 1. The predicted octanol–water partition coefficient (Wildman–Crippen LogP) is 2.14. The summed E-state index contributed by atoms with van der Waals surface area (Å²) < 4.78 is 43.1. The van der Waals surface area contributed by atoms with Gasteiger partial charge in [-0.25, -0.2) is 8.42 Å². The molecule has 1 amide bonds. The fourth-order valence-electron chi connectivity index (χ4n) is 3.66. The summed E-state index contributed by atoms with van der Waals surface area (Å²) in [5.41, 5.74) is 0.895. The molecule has 0 aromatic heterocycles. The number of carbonyl (C=O) groups excluding carboxylic acids is 1. The van der Waals surface area contributed by atoms with Gasteiger partial charge in [0.25, 0.3) is 0 Å². The van der Waals surface area contributed by atoms with Gasteiger partial charge < -0.3 is 19.5 Å². The summed E-state index contributed by atoms with van der Waals surface area (Å²) in [4.78, 5) is 12.9. The second kappa shape index (κ2) is 8.53. The van der Waals surface area contributed by atoms with E-state index < -0.39 is 10.0 Å². The monoisotopic (exact) mass is 432 g/mol. The highest BCUT2D eigenvalue weighted by Crippen LogP contribution is 2.32. The van der Waals surface area contributed by atoms with Crippen molar-refractivity contribution in [1.82, 2.24) is 9.62 Å². The Kier molecular flexibility index (Phi) is 5.83. The average molecular weight is 432 g/mol. The van der Waals surface area contributed by atoms with Gasteiger partial charge in [0, 0.05) is 19.6 Å². The van der Waals surface area contributed by atoms with Gasteiger partial charge in [-0.15, -0.1) is 0 Å². The number of benzene rings is 2. The minimum absolute atomic E-state index is 0.151. The highest BCUT2D eigenvalue weighted by molar-refractivity contribution is 7.89. The van der Waals surface area contributed by atoms with Gasteiger partial charge in [-0.3, -0.25) is 4.79 Å². The van der Waals surface area contributed by atoms with E-state index in [1.165, 1.54) is 23.5 Å². The fraction of sp³-hybridized carbons (Fsp3) is 0.381. The molecular formula is C21H24N2O6S. The summed E-state index contributed by atoms with van der Waals surface area (Å²) >= 11 is 0. The largest absolute Gasteiger partial charge is 0.497 e. The first-order chi connectivity index (χ1) is 14.5. The van der Waals surface area contributed by atoms with Crippen LogP contribution in [0, 0.1) is 5.92 Å². The molecule has 1 N–H and O–H groups in total. The van der Waals surface area contributed by atoms with Crippen LogP contribution in [0.25, 0.3) is 0 Å². The minimum atomic E-state index is -3.66. The molecular weight excluding hydrogens is 408 g/mol. The van der Waals surface area contributed by atoms with E-state index in [1.807, 2.05) is 18.2 Å². The first-order valence-corrected chi connectivity index (χ1v) is 11.2. The normalized spacial score (nSPS) is 18.8. The van der Waals surface area contributed by atoms with Gasteiger partial charge in [0.15, 0.2) is 11.5 Å². The molecule has 1 atom stereocenters. The summed E-state index contributed by atoms with van der Waals surface area (Å²) in [5.74, 6) is 1.41. The second-order valence-corrected chi connectivity index (χ2v) is 9.22. The second-order valence-electron chi connectivity index (χ2n) is 7.28. The van der Waals surface area contributed by atoms with E-state index in [9.17, 15) is 13.2 Å². The SMILES string of the molecule is COc1ccc(S(=O)(=O)N2CCC[C@@H](C(=O)NCc3ccc4c(c3)OCO4)C2)cc1. The molecule has 0 bridgehead atoms. The van der Waals surface area contributed by atoms with Crippen molar-refractivity contribution in [3.8, 4) is 17.2 Å². The van der Waals surface area contributed by atoms with Gasteiger partial charge in [-0.2, -0.15) is 4.31 Å². The standard InChI is InChI=1S/C21H24N2O6S/c1-27-17-5-7-18(8-6-17)30(25,26)23-10-2-3-16(13-23)21(24)22-12-15-4-9-19-20(11-15)29-14-28-19/h4-9,11,16H,2-3,10,12-14H2,1H3,(H,22,24)/t16-/m1/s1. The Bertz CT molecular complexity index is 1020. The van der Waals surface area contributed by atoms with Crippen molar-refractivity contribution in [3.63, 3.8) is 0 Å². The molecule has 0 aliphatic carbocycles. The van der Waals surface area contributed by atoms with Crippen molar-refractivity contribution in [3.05, 3.63) is 48.0 Å². The topological polar surface area (TPSA) is 94.2 Å². The van der Waals surface area contributed by atoms with Crippen molar-refractivity contribution in [1.29, 1.82) is 0 Å². The van der Waals surface area contributed by atoms with Crippen LogP contribution in [0.4, 0.5) is 0 Å². The Morgan fingerprint density at radius 2 is 1.93 bits per heavy atom. The first kappa shape index (κ1) is 20.5. The zero-order chi connectivity index (χ0) is 21.1. The van der Waals surface area contributed by atoms with Gasteiger partial charge >= 0.3 is 0 Å². The number of sulfonamides is 1. The molecule has 2 aliphatic heterocycles. The fourth-order valence-corrected chi connectivity index (χ4v) is 5.18. The molecule has 160 valence electrons. The Morgan fingerprint density at radius 3 is 2.70 bits per heavy atom. The van der Waals surface area contributed by atoms with E-state index in [0.717, 1.165) is 5.56 Å². The van der Waals surface area contributed by atoms with E-state index in [4.69, 9.17) is 14.2 Å². The number of nitrogens with one attached hydrogen (secondary N) is 1. The lowest BCUT2D eigenvalue weighted by atomic mass is 9.98. The van der Waals surface area contributed by atoms with Crippen LogP contribution in [-0.4, -0.2) is 45.6 Å². The van der Waals surface area contributed by atoms with Crippen LogP contribution >= 0.6 is 0 Å². The van der Waals surface area contributed by atoms with Gasteiger partial charge in [0.05, 0.1) is 17.9 Å². The van der Waals surface area contributed by atoms with Crippen LogP contribution in [0.1, 0.15) is 18.4 Å². The first-order valence-electron chi connectivity index (χ1n) is 9.78. The summed E-state index contributed by atoms with van der Waals surface area (Å²) in [6.45, 7) is 1.12. The van der Waals surface area contributed by atoms with Crippen molar-refractivity contribution in [2.24, 2.45) is 5.92 Å². The Hall–Kier alpha value is -2.78. The summed E-state index contributed by atoms with van der Waals surface area (Å²) in [7, 11) is -2.13. The maximum absolute atomic E-state index is 13.0. The lowest BCUT2D eigenvalue weighted by Crippen LogP contribution is -2.45. The number of carbonyl (C=O) groups is 1. The predicted molar refractivity (Wildman–Crippen MR) is 109 cm³/mol. The van der Waals surface area contributed by atoms with E-state index in [2.05, 4.69) is 5.32 Å². The van der Waals surface area contributed by atoms with Crippen molar-refractivity contribution in [2.45, 2.75) is 24.3 Å². The molecule has 2 aromatic rings. The molecule has 2 aliphatic rings. The summed E-state index contributed by atoms with van der Waals surface area (Å²) in [5, 5.41) is 2.91. The highest BCUT2D eigenvalue weighted by Gasteiger charge is 2.33. The number of piperidine rings is 1. The zero-order valence-electron chi connectivity index (χ0n) is 16.7. The quantitative estimate of drug-likeness (QED) is 0.752. The van der Waals surface area contributed by atoms with Gasteiger partial charge in [-0.1, -0.05) is 6.07 Å². The molecule has 1 saturated heterocycles. The van der Waals surface area contributed by atoms with Gasteiger partial charge in [0.2, 0.25) is 22.7 Å². The lowest BCUT2D eigenvalue weighted by molar-refractivity contribution is -0.126.